The lowest BCUT2D eigenvalue weighted by atomic mass is 10.1. The zero-order valence-corrected chi connectivity index (χ0v) is 13.3. The molecule has 2 rings (SSSR count). The van der Waals surface area contributed by atoms with Gasteiger partial charge in [0, 0.05) is 22.2 Å². The summed E-state index contributed by atoms with van der Waals surface area (Å²) in [6.07, 6.45) is 0. The van der Waals surface area contributed by atoms with Crippen molar-refractivity contribution in [2.45, 2.75) is 19.6 Å². The van der Waals surface area contributed by atoms with Crippen LogP contribution in [0.1, 0.15) is 24.1 Å². The summed E-state index contributed by atoms with van der Waals surface area (Å²) in [5, 5.41) is 3.88. The first-order chi connectivity index (χ1) is 10.0. The van der Waals surface area contributed by atoms with Gasteiger partial charge >= 0.3 is 0 Å². The zero-order valence-electron chi connectivity index (χ0n) is 11.8. The number of hydrogen-bond acceptors (Lipinski definition) is 2. The summed E-state index contributed by atoms with van der Waals surface area (Å²) in [5.74, 6) is 0.249. The first kappa shape index (κ1) is 16.1. The van der Waals surface area contributed by atoms with Gasteiger partial charge < -0.3 is 10.1 Å². The Bertz CT molecular complexity index is 634. The lowest BCUT2D eigenvalue weighted by molar-refractivity contribution is 0.300. The Morgan fingerprint density at radius 2 is 2.00 bits per heavy atom. The van der Waals surface area contributed by atoms with Crippen molar-refractivity contribution in [1.29, 1.82) is 0 Å². The normalized spacial score (nSPS) is 12.2. The highest BCUT2D eigenvalue weighted by Crippen LogP contribution is 2.29. The maximum atomic E-state index is 13.4. The molecular weight excluding hydrogens is 312 g/mol. The number of nitrogens with one attached hydrogen (secondary N) is 1. The highest BCUT2D eigenvalue weighted by atomic mass is 35.5. The smallest absolute Gasteiger partial charge is 0.142 e. The van der Waals surface area contributed by atoms with E-state index in [4.69, 9.17) is 27.9 Å². The predicted octanol–water partition coefficient (Wildman–Crippen LogP) is 4.99. The van der Waals surface area contributed by atoms with Gasteiger partial charge in [0.2, 0.25) is 0 Å². The fourth-order valence-electron chi connectivity index (χ4n) is 1.96. The van der Waals surface area contributed by atoms with Crippen molar-refractivity contribution in [1.82, 2.24) is 5.32 Å². The minimum absolute atomic E-state index is 0.0849. The van der Waals surface area contributed by atoms with Crippen molar-refractivity contribution in [2.24, 2.45) is 0 Å². The third kappa shape index (κ3) is 3.88. The lowest BCUT2D eigenvalue weighted by Crippen LogP contribution is -2.14. The molecule has 21 heavy (non-hydrogen) atoms. The Morgan fingerprint density at radius 1 is 1.24 bits per heavy atom. The molecule has 2 aromatic rings. The third-order valence-corrected chi connectivity index (χ3v) is 3.94. The molecule has 0 aliphatic rings. The first-order valence-electron chi connectivity index (χ1n) is 6.55. The second-order valence-corrected chi connectivity index (χ2v) is 5.51. The summed E-state index contributed by atoms with van der Waals surface area (Å²) in [5.41, 5.74) is 1.55. The van der Waals surface area contributed by atoms with E-state index < -0.39 is 5.82 Å². The Hall–Kier alpha value is -1.29. The summed E-state index contributed by atoms with van der Waals surface area (Å²) in [6, 6.07) is 10.2. The summed E-state index contributed by atoms with van der Waals surface area (Å²) >= 11 is 12.0. The monoisotopic (exact) mass is 327 g/mol. The molecule has 0 aromatic heterocycles. The maximum absolute atomic E-state index is 13.4. The van der Waals surface area contributed by atoms with Crippen LogP contribution in [-0.4, -0.2) is 7.05 Å². The zero-order chi connectivity index (χ0) is 15.4. The van der Waals surface area contributed by atoms with Crippen LogP contribution in [0.15, 0.2) is 36.4 Å². The average Bonchev–Trinajstić information content (AvgIpc) is 2.49. The fraction of sp³-hybridized carbons (Fsp3) is 0.250. The Kier molecular flexibility index (Phi) is 5.45. The van der Waals surface area contributed by atoms with Gasteiger partial charge in [-0.25, -0.2) is 4.39 Å². The van der Waals surface area contributed by atoms with E-state index in [9.17, 15) is 4.39 Å². The molecule has 5 heteroatoms. The number of halogens is 3. The molecular formula is C16H16Cl2FNO. The number of ether oxygens (including phenoxy) is 1. The van der Waals surface area contributed by atoms with Crippen molar-refractivity contribution in [3.8, 4) is 5.75 Å². The molecule has 0 saturated heterocycles. The SMILES string of the molecule is CNC(C)c1cc(Cl)ccc1OCc1cccc(F)c1Cl. The molecule has 0 saturated carbocycles. The molecule has 0 amide bonds. The van der Waals surface area contributed by atoms with E-state index in [1.165, 1.54) is 6.07 Å². The van der Waals surface area contributed by atoms with Crippen LogP contribution in [0.3, 0.4) is 0 Å². The van der Waals surface area contributed by atoms with Crippen LogP contribution in [-0.2, 0) is 6.61 Å². The minimum atomic E-state index is -0.447. The van der Waals surface area contributed by atoms with Gasteiger partial charge in [-0.15, -0.1) is 0 Å². The van der Waals surface area contributed by atoms with Crippen LogP contribution in [0.5, 0.6) is 5.75 Å². The van der Waals surface area contributed by atoms with Gasteiger partial charge in [-0.05, 0) is 38.2 Å². The molecule has 112 valence electrons. The van der Waals surface area contributed by atoms with E-state index in [-0.39, 0.29) is 17.7 Å². The highest BCUT2D eigenvalue weighted by molar-refractivity contribution is 6.31. The molecule has 0 heterocycles. The Balaban J connectivity index is 2.22. The van der Waals surface area contributed by atoms with Crippen LogP contribution < -0.4 is 10.1 Å². The summed E-state index contributed by atoms with van der Waals surface area (Å²) < 4.78 is 19.2. The van der Waals surface area contributed by atoms with Gasteiger partial charge in [0.05, 0.1) is 5.02 Å². The second kappa shape index (κ2) is 7.12. The topological polar surface area (TPSA) is 21.3 Å². The van der Waals surface area contributed by atoms with Gasteiger partial charge in [-0.1, -0.05) is 35.3 Å². The van der Waals surface area contributed by atoms with Crippen molar-refractivity contribution in [3.05, 3.63) is 63.4 Å². The number of hydrogen-bond donors (Lipinski definition) is 1. The highest BCUT2D eigenvalue weighted by Gasteiger charge is 2.12. The summed E-state index contributed by atoms with van der Waals surface area (Å²) in [7, 11) is 1.86. The van der Waals surface area contributed by atoms with Gasteiger partial charge in [0.25, 0.3) is 0 Å². The second-order valence-electron chi connectivity index (χ2n) is 4.69. The van der Waals surface area contributed by atoms with Crippen molar-refractivity contribution < 1.29 is 9.13 Å². The lowest BCUT2D eigenvalue weighted by Gasteiger charge is -2.17. The van der Waals surface area contributed by atoms with Gasteiger partial charge in [0.15, 0.2) is 0 Å². The fourth-order valence-corrected chi connectivity index (χ4v) is 2.32. The molecule has 0 aliphatic heterocycles. The van der Waals surface area contributed by atoms with Crippen LogP contribution >= 0.6 is 23.2 Å². The van der Waals surface area contributed by atoms with Crippen LogP contribution in [0, 0.1) is 5.82 Å². The predicted molar refractivity (Wildman–Crippen MR) is 84.7 cm³/mol. The van der Waals surface area contributed by atoms with E-state index in [2.05, 4.69) is 5.32 Å². The van der Waals surface area contributed by atoms with Crippen LogP contribution in [0.2, 0.25) is 10.0 Å². The number of benzene rings is 2. The molecule has 0 radical (unpaired) electrons. The van der Waals surface area contributed by atoms with E-state index >= 15 is 0 Å². The van der Waals surface area contributed by atoms with E-state index in [1.807, 2.05) is 20.0 Å². The van der Waals surface area contributed by atoms with E-state index in [0.29, 0.717) is 16.3 Å². The quantitative estimate of drug-likeness (QED) is 0.835. The van der Waals surface area contributed by atoms with Crippen molar-refractivity contribution in [2.75, 3.05) is 7.05 Å². The van der Waals surface area contributed by atoms with Crippen LogP contribution in [0.4, 0.5) is 4.39 Å². The van der Waals surface area contributed by atoms with Crippen molar-refractivity contribution in [3.63, 3.8) is 0 Å². The van der Waals surface area contributed by atoms with E-state index in [0.717, 1.165) is 5.56 Å². The van der Waals surface area contributed by atoms with E-state index in [1.54, 1.807) is 24.3 Å². The molecule has 1 atom stereocenters. The largest absolute Gasteiger partial charge is 0.489 e. The number of rotatable bonds is 5. The molecule has 0 bridgehead atoms. The molecule has 1 N–H and O–H groups in total. The molecule has 1 unspecified atom stereocenters. The van der Waals surface area contributed by atoms with Crippen molar-refractivity contribution >= 4 is 23.2 Å². The molecule has 0 spiro atoms. The summed E-state index contributed by atoms with van der Waals surface area (Å²) in [4.78, 5) is 0. The molecule has 0 fully saturated rings. The third-order valence-electron chi connectivity index (χ3n) is 3.29. The molecule has 2 aromatic carbocycles. The molecule has 0 aliphatic carbocycles. The van der Waals surface area contributed by atoms with Gasteiger partial charge in [0.1, 0.15) is 18.2 Å². The molecule has 2 nitrogen and oxygen atoms in total. The van der Waals surface area contributed by atoms with Gasteiger partial charge in [-0.3, -0.25) is 0 Å². The maximum Gasteiger partial charge on any atom is 0.142 e. The Morgan fingerprint density at radius 3 is 2.71 bits per heavy atom. The standard InChI is InChI=1S/C16H16Cl2FNO/c1-10(20-2)13-8-12(17)6-7-15(13)21-9-11-4-3-5-14(19)16(11)18/h3-8,10,20H,9H2,1-2H3. The first-order valence-corrected chi connectivity index (χ1v) is 7.31. The average molecular weight is 328 g/mol. The van der Waals surface area contributed by atoms with Crippen LogP contribution in [0.25, 0.3) is 0 Å². The van der Waals surface area contributed by atoms with Gasteiger partial charge in [-0.2, -0.15) is 0 Å². The minimum Gasteiger partial charge on any atom is -0.489 e. The Labute approximate surface area is 133 Å². The summed E-state index contributed by atoms with van der Waals surface area (Å²) in [6.45, 7) is 2.20.